The number of aromatic nitrogens is 7. The van der Waals surface area contributed by atoms with Crippen LogP contribution in [0.25, 0.3) is 22.5 Å². The van der Waals surface area contributed by atoms with E-state index in [9.17, 15) is 0 Å². The van der Waals surface area contributed by atoms with E-state index < -0.39 is 0 Å². The number of nitrogens with one attached hydrogen (secondary N) is 1. The molecule has 2 aliphatic carbocycles. The third kappa shape index (κ3) is 3.06. The van der Waals surface area contributed by atoms with Gasteiger partial charge in [-0.1, -0.05) is 12.8 Å². The molecule has 0 bridgehead atoms. The Bertz CT molecular complexity index is 1000. The topological polar surface area (TPSA) is 94.4 Å². The minimum atomic E-state index is -0.0804. The Labute approximate surface area is 170 Å². The summed E-state index contributed by atoms with van der Waals surface area (Å²) < 4.78 is 7.53. The Balaban J connectivity index is 1.84. The third-order valence-corrected chi connectivity index (χ3v) is 6.52. The van der Waals surface area contributed by atoms with Crippen LogP contribution in [0, 0.1) is 0 Å². The van der Waals surface area contributed by atoms with E-state index in [4.69, 9.17) is 9.72 Å². The first-order valence-corrected chi connectivity index (χ1v) is 10.5. The van der Waals surface area contributed by atoms with Crippen molar-refractivity contribution < 1.29 is 4.74 Å². The highest BCUT2D eigenvalue weighted by molar-refractivity contribution is 5.85. The van der Waals surface area contributed by atoms with Crippen molar-refractivity contribution in [1.82, 2.24) is 35.4 Å². The molecule has 0 saturated heterocycles. The van der Waals surface area contributed by atoms with Gasteiger partial charge in [0.2, 0.25) is 5.82 Å². The van der Waals surface area contributed by atoms with Crippen molar-refractivity contribution in [2.45, 2.75) is 56.8 Å². The molecule has 0 atom stereocenters. The average Bonchev–Trinajstić information content (AvgIpc) is 3.30. The first-order chi connectivity index (χ1) is 14.2. The zero-order valence-electron chi connectivity index (χ0n) is 17.1. The molecule has 3 heterocycles. The molecule has 8 nitrogen and oxygen atoms in total. The number of fused-ring (bicyclic) bond motifs is 1. The van der Waals surface area contributed by atoms with Gasteiger partial charge in [0.25, 0.3) is 0 Å². The van der Waals surface area contributed by atoms with Crippen LogP contribution in [-0.4, -0.2) is 49.1 Å². The van der Waals surface area contributed by atoms with Crippen LogP contribution in [0.1, 0.15) is 55.5 Å². The summed E-state index contributed by atoms with van der Waals surface area (Å²) in [6, 6.07) is 0. The molecule has 0 unspecified atom stereocenters. The van der Waals surface area contributed by atoms with Crippen molar-refractivity contribution in [3.05, 3.63) is 29.3 Å². The maximum atomic E-state index is 5.67. The largest absolute Gasteiger partial charge is 0.384 e. The Kier molecular flexibility index (Phi) is 4.66. The molecule has 29 heavy (non-hydrogen) atoms. The highest BCUT2D eigenvalue weighted by atomic mass is 16.5. The molecule has 1 N–H and O–H groups in total. The molecular weight excluding hydrogens is 366 g/mol. The van der Waals surface area contributed by atoms with E-state index in [-0.39, 0.29) is 5.41 Å². The number of hydrogen-bond acceptors (Lipinski definition) is 6. The summed E-state index contributed by atoms with van der Waals surface area (Å²) in [5.41, 5.74) is 6.83. The molecule has 0 radical (unpaired) electrons. The van der Waals surface area contributed by atoms with Gasteiger partial charge in [-0.15, -0.1) is 10.2 Å². The van der Waals surface area contributed by atoms with Gasteiger partial charge < -0.3 is 4.74 Å². The average molecular weight is 393 g/mol. The number of tetrazole rings is 1. The summed E-state index contributed by atoms with van der Waals surface area (Å²) in [4.78, 5) is 5.31. The first kappa shape index (κ1) is 18.4. The quantitative estimate of drug-likeness (QED) is 0.670. The molecule has 0 amide bonds. The van der Waals surface area contributed by atoms with E-state index >= 15 is 0 Å². The second kappa shape index (κ2) is 7.33. The number of rotatable bonds is 5. The van der Waals surface area contributed by atoms with Crippen molar-refractivity contribution in [2.75, 3.05) is 13.7 Å². The molecule has 1 saturated carbocycles. The predicted molar refractivity (Wildman–Crippen MR) is 108 cm³/mol. The lowest BCUT2D eigenvalue weighted by atomic mass is 9.65. The van der Waals surface area contributed by atoms with Crippen molar-refractivity contribution >= 4 is 0 Å². The van der Waals surface area contributed by atoms with E-state index in [0.29, 0.717) is 12.4 Å². The van der Waals surface area contributed by atoms with E-state index in [1.165, 1.54) is 42.5 Å². The number of H-pyrrole nitrogens is 1. The summed E-state index contributed by atoms with van der Waals surface area (Å²) in [7, 11) is 3.73. The number of aromatic amines is 1. The van der Waals surface area contributed by atoms with Crippen molar-refractivity contribution in [2.24, 2.45) is 7.05 Å². The molecule has 3 aromatic heterocycles. The molecule has 152 valence electrons. The molecular formula is C21H27N7O. The number of ether oxygens (including phenoxy) is 1. The lowest BCUT2D eigenvalue weighted by Gasteiger charge is -2.42. The smallest absolute Gasteiger partial charge is 0.207 e. The monoisotopic (exact) mass is 393 g/mol. The Morgan fingerprint density at radius 2 is 2.00 bits per heavy atom. The van der Waals surface area contributed by atoms with Crippen LogP contribution >= 0.6 is 0 Å². The van der Waals surface area contributed by atoms with Gasteiger partial charge in [0.1, 0.15) is 0 Å². The van der Waals surface area contributed by atoms with Gasteiger partial charge in [0.15, 0.2) is 0 Å². The minimum absolute atomic E-state index is 0.0804. The van der Waals surface area contributed by atoms with Gasteiger partial charge in [0, 0.05) is 42.6 Å². The van der Waals surface area contributed by atoms with Gasteiger partial charge in [0.05, 0.1) is 24.1 Å². The highest BCUT2D eigenvalue weighted by Crippen LogP contribution is 2.50. The van der Waals surface area contributed by atoms with E-state index in [1.54, 1.807) is 7.11 Å². The zero-order valence-corrected chi connectivity index (χ0v) is 17.1. The highest BCUT2D eigenvalue weighted by Gasteiger charge is 2.44. The second-order valence-electron chi connectivity index (χ2n) is 8.40. The lowest BCUT2D eigenvalue weighted by Crippen LogP contribution is -2.40. The fourth-order valence-corrected chi connectivity index (χ4v) is 4.99. The number of hydrogen-bond donors (Lipinski definition) is 1. The number of aryl methyl sites for hydroxylation is 2. The SMILES string of the molecule is COCC1(c2nc3c(c(-c4cnn(C)c4)c2-c2nn[nH]n2)CCCCC3)CCC1. The summed E-state index contributed by atoms with van der Waals surface area (Å²) in [5.74, 6) is 0.612. The van der Waals surface area contributed by atoms with Crippen LogP contribution in [-0.2, 0) is 30.0 Å². The van der Waals surface area contributed by atoms with Crippen LogP contribution in [0.3, 0.4) is 0 Å². The van der Waals surface area contributed by atoms with Gasteiger partial charge in [-0.3, -0.25) is 9.67 Å². The first-order valence-electron chi connectivity index (χ1n) is 10.5. The maximum Gasteiger partial charge on any atom is 0.207 e. The van der Waals surface area contributed by atoms with E-state index in [2.05, 4.69) is 31.9 Å². The fourth-order valence-electron chi connectivity index (χ4n) is 4.99. The molecule has 2 aliphatic rings. The molecule has 0 aromatic carbocycles. The fraction of sp³-hybridized carbons (Fsp3) is 0.571. The number of pyridine rings is 1. The standard InChI is InChI=1S/C21H27N7O/c1-28-12-14(11-22-28)17-15-7-4-3-5-8-16(15)23-19(18(17)20-24-26-27-25-20)21(13-29-2)9-6-10-21/h11-12H,3-10,13H2,1-2H3,(H,24,25,26,27). The van der Waals surface area contributed by atoms with Crippen molar-refractivity contribution in [3.8, 4) is 22.5 Å². The van der Waals surface area contributed by atoms with Crippen LogP contribution < -0.4 is 0 Å². The maximum absolute atomic E-state index is 5.67. The minimum Gasteiger partial charge on any atom is -0.384 e. The van der Waals surface area contributed by atoms with Crippen LogP contribution in [0.15, 0.2) is 12.4 Å². The third-order valence-electron chi connectivity index (χ3n) is 6.52. The Morgan fingerprint density at radius 1 is 1.14 bits per heavy atom. The number of nitrogens with zero attached hydrogens (tertiary/aromatic N) is 6. The summed E-state index contributed by atoms with van der Waals surface area (Å²) in [5, 5.41) is 19.7. The van der Waals surface area contributed by atoms with E-state index in [0.717, 1.165) is 42.5 Å². The van der Waals surface area contributed by atoms with Crippen LogP contribution in [0.4, 0.5) is 0 Å². The zero-order chi connectivity index (χ0) is 19.8. The number of methoxy groups -OCH3 is 1. The van der Waals surface area contributed by atoms with Gasteiger partial charge >= 0.3 is 0 Å². The lowest BCUT2D eigenvalue weighted by molar-refractivity contribution is 0.0766. The van der Waals surface area contributed by atoms with Gasteiger partial charge in [-0.25, -0.2) is 0 Å². The summed E-state index contributed by atoms with van der Waals surface area (Å²) in [6.45, 7) is 0.663. The molecule has 3 aromatic rings. The Hall–Kier alpha value is -2.61. The molecule has 8 heteroatoms. The second-order valence-corrected chi connectivity index (χ2v) is 8.40. The Morgan fingerprint density at radius 3 is 2.66 bits per heavy atom. The van der Waals surface area contributed by atoms with E-state index in [1.807, 2.05) is 17.9 Å². The molecule has 0 aliphatic heterocycles. The van der Waals surface area contributed by atoms with Crippen molar-refractivity contribution in [3.63, 3.8) is 0 Å². The molecule has 5 rings (SSSR count). The predicted octanol–water partition coefficient (Wildman–Crippen LogP) is 3.00. The normalized spacial score (nSPS) is 18.1. The summed E-state index contributed by atoms with van der Waals surface area (Å²) >= 11 is 0. The van der Waals surface area contributed by atoms with Gasteiger partial charge in [-0.05, 0) is 49.3 Å². The molecule has 1 fully saturated rings. The van der Waals surface area contributed by atoms with Crippen LogP contribution in [0.2, 0.25) is 0 Å². The van der Waals surface area contributed by atoms with Gasteiger partial charge in [-0.2, -0.15) is 10.3 Å². The van der Waals surface area contributed by atoms with Crippen molar-refractivity contribution in [1.29, 1.82) is 0 Å². The molecule has 0 spiro atoms. The van der Waals surface area contributed by atoms with Crippen LogP contribution in [0.5, 0.6) is 0 Å². The summed E-state index contributed by atoms with van der Waals surface area (Å²) in [6.07, 6.45) is 13.0.